The molecule has 110 valence electrons. The monoisotopic (exact) mass is 386 g/mol. The van der Waals surface area contributed by atoms with Crippen molar-refractivity contribution in [3.63, 3.8) is 0 Å². The van der Waals surface area contributed by atoms with Gasteiger partial charge in [-0.1, -0.05) is 51.3 Å². The van der Waals surface area contributed by atoms with Crippen LogP contribution in [0.5, 0.6) is 5.75 Å². The average molecular weight is 388 g/mol. The Morgan fingerprint density at radius 3 is 2.48 bits per heavy atom. The maximum atomic E-state index is 10.5. The normalized spacial score (nSPS) is 24.0. The minimum atomic E-state index is -0.588. The third-order valence-corrected chi connectivity index (χ3v) is 5.64. The number of hydrogen-bond donors (Lipinski definition) is 1. The highest BCUT2D eigenvalue weighted by atomic mass is 79.9. The number of halogens is 3. The summed E-state index contributed by atoms with van der Waals surface area (Å²) in [4.78, 5) is -0.114. The van der Waals surface area contributed by atoms with Gasteiger partial charge in [-0.2, -0.15) is 0 Å². The average Bonchev–Trinajstić information content (AvgIpc) is 2.74. The molecule has 21 heavy (non-hydrogen) atoms. The van der Waals surface area contributed by atoms with Crippen LogP contribution in [0.1, 0.15) is 28.7 Å². The summed E-state index contributed by atoms with van der Waals surface area (Å²) < 4.78 is 5.23. The molecule has 0 fully saturated rings. The number of alkyl halides is 1. The maximum absolute atomic E-state index is 10.5. The van der Waals surface area contributed by atoms with Crippen LogP contribution >= 0.6 is 39.1 Å². The van der Waals surface area contributed by atoms with Crippen LogP contribution in [0.25, 0.3) is 0 Å². The molecule has 0 aromatic heterocycles. The van der Waals surface area contributed by atoms with Crippen molar-refractivity contribution in [1.82, 2.24) is 0 Å². The van der Waals surface area contributed by atoms with Gasteiger partial charge in [-0.25, -0.2) is 0 Å². The molecule has 1 N–H and O–H groups in total. The number of ether oxygens (including phenoxy) is 1. The first kappa shape index (κ1) is 15.2. The number of fused-ring (bicyclic) bond motifs is 1. The van der Waals surface area contributed by atoms with E-state index in [9.17, 15) is 5.11 Å². The second-order valence-electron chi connectivity index (χ2n) is 5.04. The summed E-state index contributed by atoms with van der Waals surface area (Å²) in [6.07, 6.45) is -0.588. The predicted octanol–water partition coefficient (Wildman–Crippen LogP) is 4.94. The van der Waals surface area contributed by atoms with Gasteiger partial charge in [0.25, 0.3) is 0 Å². The van der Waals surface area contributed by atoms with E-state index in [0.29, 0.717) is 10.0 Å². The largest absolute Gasteiger partial charge is 0.497 e. The van der Waals surface area contributed by atoms with Crippen LogP contribution in [-0.2, 0) is 0 Å². The van der Waals surface area contributed by atoms with Crippen LogP contribution in [0.3, 0.4) is 0 Å². The highest BCUT2D eigenvalue weighted by molar-refractivity contribution is 9.09. The molecule has 1 aliphatic carbocycles. The molecule has 3 rings (SSSR count). The molecule has 2 aromatic rings. The van der Waals surface area contributed by atoms with Crippen molar-refractivity contribution in [3.05, 3.63) is 63.1 Å². The van der Waals surface area contributed by atoms with Crippen molar-refractivity contribution in [2.75, 3.05) is 7.11 Å². The molecule has 2 aromatic carbocycles. The topological polar surface area (TPSA) is 29.5 Å². The molecule has 5 heteroatoms. The lowest BCUT2D eigenvalue weighted by molar-refractivity contribution is 0.184. The van der Waals surface area contributed by atoms with Crippen molar-refractivity contribution >= 4 is 39.1 Å². The molecule has 2 nitrogen and oxygen atoms in total. The van der Waals surface area contributed by atoms with Crippen LogP contribution in [0.2, 0.25) is 10.0 Å². The first-order valence-corrected chi connectivity index (χ1v) is 8.15. The fourth-order valence-electron chi connectivity index (χ4n) is 2.81. The molecule has 0 unspecified atom stereocenters. The van der Waals surface area contributed by atoms with Gasteiger partial charge in [0, 0.05) is 5.92 Å². The Balaban J connectivity index is 2.10. The van der Waals surface area contributed by atoms with E-state index in [2.05, 4.69) is 15.9 Å². The molecule has 0 aliphatic heterocycles. The van der Waals surface area contributed by atoms with E-state index in [-0.39, 0.29) is 10.7 Å². The highest BCUT2D eigenvalue weighted by Gasteiger charge is 2.39. The minimum Gasteiger partial charge on any atom is -0.497 e. The fourth-order valence-corrected chi connectivity index (χ4v) is 4.00. The van der Waals surface area contributed by atoms with E-state index in [0.717, 1.165) is 22.4 Å². The van der Waals surface area contributed by atoms with Gasteiger partial charge < -0.3 is 9.84 Å². The molecule has 0 amide bonds. The lowest BCUT2D eigenvalue weighted by Gasteiger charge is -2.18. The van der Waals surface area contributed by atoms with E-state index in [1.807, 2.05) is 30.3 Å². The number of aliphatic hydroxyl groups is 1. The van der Waals surface area contributed by atoms with Gasteiger partial charge in [0.15, 0.2) is 0 Å². The fraction of sp³-hybridized carbons (Fsp3) is 0.250. The summed E-state index contributed by atoms with van der Waals surface area (Å²) in [7, 11) is 1.62. The van der Waals surface area contributed by atoms with E-state index < -0.39 is 6.10 Å². The lowest BCUT2D eigenvalue weighted by atomic mass is 9.93. The number of benzene rings is 2. The summed E-state index contributed by atoms with van der Waals surface area (Å²) in [6.45, 7) is 0. The van der Waals surface area contributed by atoms with Crippen LogP contribution in [0, 0.1) is 0 Å². The zero-order valence-electron chi connectivity index (χ0n) is 11.2. The Bertz CT molecular complexity index is 690. The number of rotatable bonds is 2. The van der Waals surface area contributed by atoms with Crippen molar-refractivity contribution in [2.45, 2.75) is 16.8 Å². The molecule has 0 radical (unpaired) electrons. The zero-order valence-corrected chi connectivity index (χ0v) is 14.3. The minimum absolute atomic E-state index is 0.0238. The van der Waals surface area contributed by atoms with Gasteiger partial charge in [0.05, 0.1) is 28.1 Å². The Labute approximate surface area is 141 Å². The number of methoxy groups -OCH3 is 1. The molecule has 0 saturated carbocycles. The SMILES string of the molecule is COc1ccc2c(c1)[C@H](O)[C@@H](Br)[C@@H]2c1ccc(Cl)c(Cl)c1. The van der Waals surface area contributed by atoms with E-state index in [4.69, 9.17) is 27.9 Å². The van der Waals surface area contributed by atoms with Crippen LogP contribution in [-0.4, -0.2) is 17.0 Å². The maximum Gasteiger partial charge on any atom is 0.119 e. The molecule has 0 spiro atoms. The number of aliphatic hydroxyl groups excluding tert-OH is 1. The zero-order chi connectivity index (χ0) is 15.1. The van der Waals surface area contributed by atoms with Gasteiger partial charge in [-0.3, -0.25) is 0 Å². The van der Waals surface area contributed by atoms with Gasteiger partial charge in [0.2, 0.25) is 0 Å². The summed E-state index contributed by atoms with van der Waals surface area (Å²) in [6, 6.07) is 11.4. The summed E-state index contributed by atoms with van der Waals surface area (Å²) in [5.74, 6) is 0.762. The van der Waals surface area contributed by atoms with Crippen LogP contribution in [0.4, 0.5) is 0 Å². The number of hydrogen-bond acceptors (Lipinski definition) is 2. The third-order valence-electron chi connectivity index (χ3n) is 3.87. The predicted molar refractivity (Wildman–Crippen MR) is 89.0 cm³/mol. The van der Waals surface area contributed by atoms with E-state index >= 15 is 0 Å². The van der Waals surface area contributed by atoms with Gasteiger partial charge in [-0.05, 0) is 41.0 Å². The lowest BCUT2D eigenvalue weighted by Crippen LogP contribution is -2.12. The quantitative estimate of drug-likeness (QED) is 0.739. The molecular weight excluding hydrogens is 375 g/mol. The highest BCUT2D eigenvalue weighted by Crippen LogP contribution is 2.49. The molecular formula is C16H13BrCl2O2. The summed E-state index contributed by atoms with van der Waals surface area (Å²) >= 11 is 15.7. The summed E-state index contributed by atoms with van der Waals surface area (Å²) in [5.41, 5.74) is 2.98. The standard InChI is InChI=1S/C16H13BrCl2O2/c1-21-9-3-4-10-11(7-9)16(20)15(17)14(10)8-2-5-12(18)13(19)6-8/h2-7,14-16,20H,1H3/t14-,15+,16+/m1/s1. The van der Waals surface area contributed by atoms with Crippen LogP contribution in [0.15, 0.2) is 36.4 Å². The Hall–Kier alpha value is -0.740. The van der Waals surface area contributed by atoms with Gasteiger partial charge >= 0.3 is 0 Å². The molecule has 1 aliphatic rings. The molecule has 0 bridgehead atoms. The summed E-state index contributed by atoms with van der Waals surface area (Å²) in [5, 5.41) is 11.5. The third kappa shape index (κ3) is 2.57. The Morgan fingerprint density at radius 1 is 1.05 bits per heavy atom. The van der Waals surface area contributed by atoms with Crippen molar-refractivity contribution in [3.8, 4) is 5.75 Å². The van der Waals surface area contributed by atoms with E-state index in [1.54, 1.807) is 13.2 Å². The van der Waals surface area contributed by atoms with E-state index in [1.165, 1.54) is 0 Å². The van der Waals surface area contributed by atoms with Crippen molar-refractivity contribution in [1.29, 1.82) is 0 Å². The first-order chi connectivity index (χ1) is 10.0. The smallest absolute Gasteiger partial charge is 0.119 e. The van der Waals surface area contributed by atoms with Crippen LogP contribution < -0.4 is 4.74 Å². The molecule has 0 saturated heterocycles. The van der Waals surface area contributed by atoms with Crippen molar-refractivity contribution < 1.29 is 9.84 Å². The Morgan fingerprint density at radius 2 is 1.81 bits per heavy atom. The first-order valence-electron chi connectivity index (χ1n) is 6.48. The molecule has 3 atom stereocenters. The van der Waals surface area contributed by atoms with Gasteiger partial charge in [-0.15, -0.1) is 0 Å². The Kier molecular flexibility index (Phi) is 4.19. The second kappa shape index (κ2) is 5.81. The second-order valence-corrected chi connectivity index (χ2v) is 6.91. The van der Waals surface area contributed by atoms with Gasteiger partial charge in [0.1, 0.15) is 5.75 Å². The molecule has 0 heterocycles. The van der Waals surface area contributed by atoms with Crippen molar-refractivity contribution in [2.24, 2.45) is 0 Å².